The number of halogens is 1. The van der Waals surface area contributed by atoms with Crippen LogP contribution in [0.25, 0.3) is 11.3 Å². The molecule has 94 valence electrons. The second-order valence-corrected chi connectivity index (χ2v) is 4.26. The van der Waals surface area contributed by atoms with E-state index in [2.05, 4.69) is 0 Å². The molecule has 0 aliphatic carbocycles. The van der Waals surface area contributed by atoms with Crippen LogP contribution in [0.3, 0.4) is 0 Å². The Morgan fingerprint density at radius 2 is 2.11 bits per heavy atom. The van der Waals surface area contributed by atoms with Crippen molar-refractivity contribution in [2.24, 2.45) is 0 Å². The first-order valence-corrected chi connectivity index (χ1v) is 6.03. The van der Waals surface area contributed by atoms with Gasteiger partial charge < -0.3 is 9.15 Å². The Labute approximate surface area is 110 Å². The minimum atomic E-state index is -0.457. The van der Waals surface area contributed by atoms with Crippen LogP contribution in [0.1, 0.15) is 23.0 Å². The summed E-state index contributed by atoms with van der Waals surface area (Å²) >= 11 is 6.05. The van der Waals surface area contributed by atoms with Gasteiger partial charge in [-0.1, -0.05) is 23.7 Å². The van der Waals surface area contributed by atoms with E-state index in [-0.39, 0.29) is 5.76 Å². The van der Waals surface area contributed by atoms with Crippen molar-refractivity contribution in [3.05, 3.63) is 46.7 Å². The molecule has 0 fully saturated rings. The standard InChI is InChI=1S/C14H13ClO3/c1-3-17-14(16)13-7-6-12(18-13)10-5-4-9(2)11(15)8-10/h4-8H,3H2,1-2H3. The van der Waals surface area contributed by atoms with E-state index in [1.54, 1.807) is 19.1 Å². The van der Waals surface area contributed by atoms with Gasteiger partial charge in [0.1, 0.15) is 5.76 Å². The zero-order chi connectivity index (χ0) is 13.1. The highest BCUT2D eigenvalue weighted by Gasteiger charge is 2.13. The first kappa shape index (κ1) is 12.7. The normalized spacial score (nSPS) is 10.4. The van der Waals surface area contributed by atoms with Crippen molar-refractivity contribution in [1.29, 1.82) is 0 Å². The summed E-state index contributed by atoms with van der Waals surface area (Å²) in [6, 6.07) is 8.94. The van der Waals surface area contributed by atoms with Crippen LogP contribution in [0, 0.1) is 6.92 Å². The summed E-state index contributed by atoms with van der Waals surface area (Å²) in [5.41, 5.74) is 1.83. The van der Waals surface area contributed by atoms with Crippen molar-refractivity contribution in [2.45, 2.75) is 13.8 Å². The number of furan rings is 1. The van der Waals surface area contributed by atoms with Gasteiger partial charge in [0.05, 0.1) is 6.61 Å². The lowest BCUT2D eigenvalue weighted by molar-refractivity contribution is 0.0491. The third-order valence-electron chi connectivity index (χ3n) is 2.54. The summed E-state index contributed by atoms with van der Waals surface area (Å²) in [5.74, 6) is 0.338. The molecule has 0 atom stereocenters. The minimum absolute atomic E-state index is 0.198. The Kier molecular flexibility index (Phi) is 3.72. The molecule has 3 nitrogen and oxygen atoms in total. The molecule has 0 aliphatic rings. The number of esters is 1. The highest BCUT2D eigenvalue weighted by atomic mass is 35.5. The van der Waals surface area contributed by atoms with Gasteiger partial charge in [-0.25, -0.2) is 4.79 Å². The van der Waals surface area contributed by atoms with Gasteiger partial charge in [0, 0.05) is 10.6 Å². The van der Waals surface area contributed by atoms with E-state index in [0.717, 1.165) is 11.1 Å². The molecule has 1 aromatic carbocycles. The minimum Gasteiger partial charge on any atom is -0.460 e. The van der Waals surface area contributed by atoms with Gasteiger partial charge in [0.25, 0.3) is 0 Å². The number of carbonyl (C=O) groups is 1. The number of ether oxygens (including phenoxy) is 1. The fourth-order valence-corrected chi connectivity index (χ4v) is 1.73. The van der Waals surface area contributed by atoms with Gasteiger partial charge in [-0.2, -0.15) is 0 Å². The van der Waals surface area contributed by atoms with Crippen LogP contribution < -0.4 is 0 Å². The highest BCUT2D eigenvalue weighted by molar-refractivity contribution is 6.31. The molecule has 0 saturated heterocycles. The maximum Gasteiger partial charge on any atom is 0.374 e. The molecule has 0 spiro atoms. The van der Waals surface area contributed by atoms with E-state index in [1.165, 1.54) is 0 Å². The highest BCUT2D eigenvalue weighted by Crippen LogP contribution is 2.27. The summed E-state index contributed by atoms with van der Waals surface area (Å²) in [6.07, 6.45) is 0. The summed E-state index contributed by atoms with van der Waals surface area (Å²) in [6.45, 7) is 4.00. The molecule has 0 aliphatic heterocycles. The first-order valence-electron chi connectivity index (χ1n) is 5.65. The largest absolute Gasteiger partial charge is 0.460 e. The van der Waals surface area contributed by atoms with Crippen LogP contribution >= 0.6 is 11.6 Å². The zero-order valence-corrected chi connectivity index (χ0v) is 11.0. The summed E-state index contributed by atoms with van der Waals surface area (Å²) in [7, 11) is 0. The van der Waals surface area contributed by atoms with Crippen LogP contribution in [0.5, 0.6) is 0 Å². The second-order valence-electron chi connectivity index (χ2n) is 3.85. The molecule has 18 heavy (non-hydrogen) atoms. The Bertz CT molecular complexity index is 572. The van der Waals surface area contributed by atoms with Gasteiger partial charge in [-0.15, -0.1) is 0 Å². The Morgan fingerprint density at radius 1 is 1.33 bits per heavy atom. The van der Waals surface area contributed by atoms with Crippen molar-refractivity contribution >= 4 is 17.6 Å². The lowest BCUT2D eigenvalue weighted by Gasteiger charge is -2.01. The SMILES string of the molecule is CCOC(=O)c1ccc(-c2ccc(C)c(Cl)c2)o1. The predicted octanol–water partition coefficient (Wildman–Crippen LogP) is 4.09. The molecule has 0 bridgehead atoms. The third kappa shape index (κ3) is 2.57. The quantitative estimate of drug-likeness (QED) is 0.784. The topological polar surface area (TPSA) is 39.4 Å². The fraction of sp³-hybridized carbons (Fsp3) is 0.214. The molecule has 1 heterocycles. The number of aryl methyl sites for hydroxylation is 1. The van der Waals surface area contributed by atoms with Crippen molar-refractivity contribution < 1.29 is 13.9 Å². The molecular weight excluding hydrogens is 252 g/mol. The Morgan fingerprint density at radius 3 is 2.78 bits per heavy atom. The average Bonchev–Trinajstić information content (AvgIpc) is 2.82. The van der Waals surface area contributed by atoms with E-state index < -0.39 is 5.97 Å². The number of hydrogen-bond donors (Lipinski definition) is 0. The summed E-state index contributed by atoms with van der Waals surface area (Å²) in [4.78, 5) is 11.5. The molecule has 0 amide bonds. The first-order chi connectivity index (χ1) is 8.61. The monoisotopic (exact) mass is 264 g/mol. The molecule has 2 rings (SSSR count). The molecule has 2 aromatic rings. The van der Waals surface area contributed by atoms with E-state index in [1.807, 2.05) is 25.1 Å². The lowest BCUT2D eigenvalue weighted by atomic mass is 10.1. The number of hydrogen-bond acceptors (Lipinski definition) is 3. The molecule has 0 saturated carbocycles. The molecule has 0 N–H and O–H groups in total. The van der Waals surface area contributed by atoms with E-state index in [9.17, 15) is 4.79 Å². The maximum atomic E-state index is 11.5. The van der Waals surface area contributed by atoms with Gasteiger partial charge in [-0.05, 0) is 37.6 Å². The zero-order valence-electron chi connectivity index (χ0n) is 10.2. The molecule has 4 heteroatoms. The number of benzene rings is 1. The Balaban J connectivity index is 2.29. The third-order valence-corrected chi connectivity index (χ3v) is 2.95. The summed E-state index contributed by atoms with van der Waals surface area (Å²) in [5, 5.41) is 0.668. The van der Waals surface area contributed by atoms with Crippen LogP contribution in [-0.2, 0) is 4.74 Å². The van der Waals surface area contributed by atoms with Crippen LogP contribution in [0.2, 0.25) is 5.02 Å². The van der Waals surface area contributed by atoms with E-state index in [0.29, 0.717) is 17.4 Å². The Hall–Kier alpha value is -1.74. The van der Waals surface area contributed by atoms with Crippen molar-refractivity contribution in [3.8, 4) is 11.3 Å². The van der Waals surface area contributed by atoms with Crippen molar-refractivity contribution in [3.63, 3.8) is 0 Å². The lowest BCUT2D eigenvalue weighted by Crippen LogP contribution is -2.02. The van der Waals surface area contributed by atoms with Crippen LogP contribution in [0.15, 0.2) is 34.7 Å². The fourth-order valence-electron chi connectivity index (χ4n) is 1.55. The number of carbonyl (C=O) groups excluding carboxylic acids is 1. The molecule has 1 aromatic heterocycles. The summed E-state index contributed by atoms with van der Waals surface area (Å²) < 4.78 is 10.3. The van der Waals surface area contributed by atoms with E-state index >= 15 is 0 Å². The maximum absolute atomic E-state index is 11.5. The van der Waals surface area contributed by atoms with Crippen LogP contribution in [-0.4, -0.2) is 12.6 Å². The predicted molar refractivity (Wildman–Crippen MR) is 69.8 cm³/mol. The van der Waals surface area contributed by atoms with Gasteiger partial charge in [-0.3, -0.25) is 0 Å². The van der Waals surface area contributed by atoms with Gasteiger partial charge in [0.2, 0.25) is 5.76 Å². The molecular formula is C14H13ClO3. The molecule has 0 unspecified atom stereocenters. The van der Waals surface area contributed by atoms with Crippen LogP contribution in [0.4, 0.5) is 0 Å². The van der Waals surface area contributed by atoms with Crippen molar-refractivity contribution in [1.82, 2.24) is 0 Å². The number of rotatable bonds is 3. The van der Waals surface area contributed by atoms with E-state index in [4.69, 9.17) is 20.8 Å². The smallest absolute Gasteiger partial charge is 0.374 e. The van der Waals surface area contributed by atoms with Gasteiger partial charge in [0.15, 0.2) is 0 Å². The average molecular weight is 265 g/mol. The van der Waals surface area contributed by atoms with Gasteiger partial charge >= 0.3 is 5.97 Å². The second kappa shape index (κ2) is 5.27. The molecule has 0 radical (unpaired) electrons. The van der Waals surface area contributed by atoms with Crippen molar-refractivity contribution in [2.75, 3.05) is 6.61 Å².